The van der Waals surface area contributed by atoms with Gasteiger partial charge >= 0.3 is 0 Å². The maximum Gasteiger partial charge on any atom is 0.114 e. The molecule has 0 unspecified atom stereocenters. The van der Waals surface area contributed by atoms with E-state index in [1.807, 2.05) is 25.1 Å². The van der Waals surface area contributed by atoms with Crippen LogP contribution in [0.4, 0.5) is 0 Å². The first-order chi connectivity index (χ1) is 5.79. The summed E-state index contributed by atoms with van der Waals surface area (Å²) in [7, 11) is 0. The van der Waals surface area contributed by atoms with Gasteiger partial charge in [0, 0.05) is 4.47 Å². The molecule has 1 aromatic heterocycles. The Morgan fingerprint density at radius 1 is 1.33 bits per heavy atom. The molecule has 62 valence electrons. The summed E-state index contributed by atoms with van der Waals surface area (Å²) < 4.78 is 1.04. The van der Waals surface area contributed by atoms with Crippen LogP contribution in [-0.4, -0.2) is 15.0 Å². The van der Waals surface area contributed by atoms with Gasteiger partial charge in [0.2, 0.25) is 0 Å². The van der Waals surface area contributed by atoms with Gasteiger partial charge in [-0.25, -0.2) is 0 Å². The van der Waals surface area contributed by atoms with Crippen molar-refractivity contribution in [2.45, 2.75) is 13.5 Å². The lowest BCUT2D eigenvalue weighted by Gasteiger charge is -1.86. The molecule has 0 saturated carbocycles. The largest absolute Gasteiger partial charge is 0.184 e. The molecule has 1 aromatic carbocycles. The van der Waals surface area contributed by atoms with E-state index in [9.17, 15) is 0 Å². The van der Waals surface area contributed by atoms with E-state index in [2.05, 4.69) is 26.1 Å². The number of halogens is 1. The lowest BCUT2D eigenvalue weighted by atomic mass is 10.3. The minimum atomic E-state index is 0.812. The van der Waals surface area contributed by atoms with Gasteiger partial charge in [-0.2, -0.15) is 15.0 Å². The average Bonchev–Trinajstić information content (AvgIpc) is 2.46. The van der Waals surface area contributed by atoms with Crippen molar-refractivity contribution < 1.29 is 0 Å². The minimum Gasteiger partial charge on any atom is -0.184 e. The van der Waals surface area contributed by atoms with E-state index in [1.165, 1.54) is 0 Å². The molecule has 0 bridgehead atoms. The number of nitrogens with zero attached hydrogens (tertiary/aromatic N) is 3. The Morgan fingerprint density at radius 3 is 2.83 bits per heavy atom. The molecule has 3 nitrogen and oxygen atoms in total. The maximum absolute atomic E-state index is 4.27. The minimum absolute atomic E-state index is 0.812. The van der Waals surface area contributed by atoms with Gasteiger partial charge < -0.3 is 0 Å². The van der Waals surface area contributed by atoms with Crippen LogP contribution in [0.3, 0.4) is 0 Å². The molecule has 2 rings (SSSR count). The lowest BCUT2D eigenvalue weighted by molar-refractivity contribution is 0.578. The van der Waals surface area contributed by atoms with Crippen molar-refractivity contribution in [3.8, 4) is 0 Å². The van der Waals surface area contributed by atoms with E-state index >= 15 is 0 Å². The third-order valence-electron chi connectivity index (χ3n) is 1.67. The van der Waals surface area contributed by atoms with E-state index in [0.29, 0.717) is 0 Å². The second kappa shape index (κ2) is 2.86. The van der Waals surface area contributed by atoms with E-state index in [0.717, 1.165) is 22.1 Å². The fourth-order valence-electron chi connectivity index (χ4n) is 1.07. The zero-order valence-corrected chi connectivity index (χ0v) is 8.24. The zero-order valence-electron chi connectivity index (χ0n) is 6.66. The van der Waals surface area contributed by atoms with Gasteiger partial charge in [-0.15, -0.1) is 0 Å². The van der Waals surface area contributed by atoms with Crippen molar-refractivity contribution in [1.82, 2.24) is 15.0 Å². The molecule has 0 radical (unpaired) electrons. The quantitative estimate of drug-likeness (QED) is 0.746. The van der Waals surface area contributed by atoms with Crippen LogP contribution < -0.4 is 0 Å². The van der Waals surface area contributed by atoms with Gasteiger partial charge in [0.05, 0.1) is 6.54 Å². The van der Waals surface area contributed by atoms with Crippen molar-refractivity contribution in [1.29, 1.82) is 0 Å². The summed E-state index contributed by atoms with van der Waals surface area (Å²) in [5.74, 6) is 0. The summed E-state index contributed by atoms with van der Waals surface area (Å²) in [6.45, 7) is 2.83. The first-order valence-corrected chi connectivity index (χ1v) is 4.59. The number of hydrogen-bond acceptors (Lipinski definition) is 2. The number of aromatic nitrogens is 3. The molecule has 0 atom stereocenters. The molecule has 2 aromatic rings. The van der Waals surface area contributed by atoms with Crippen LogP contribution >= 0.6 is 15.9 Å². The summed E-state index contributed by atoms with van der Waals surface area (Å²) in [5.41, 5.74) is 1.88. The molecule has 0 aliphatic rings. The number of aryl methyl sites for hydroxylation is 1. The summed E-state index contributed by atoms with van der Waals surface area (Å²) in [6.07, 6.45) is 0. The van der Waals surface area contributed by atoms with Crippen molar-refractivity contribution in [2.75, 3.05) is 0 Å². The second-order valence-corrected chi connectivity index (χ2v) is 3.44. The SMILES string of the molecule is CCn1nc2ccc(Br)cc2n1. The Labute approximate surface area is 78.5 Å². The van der Waals surface area contributed by atoms with Crippen molar-refractivity contribution in [3.63, 3.8) is 0 Å². The van der Waals surface area contributed by atoms with E-state index in [-0.39, 0.29) is 0 Å². The number of fused-ring (bicyclic) bond motifs is 1. The molecule has 12 heavy (non-hydrogen) atoms. The van der Waals surface area contributed by atoms with Gasteiger partial charge in [0.1, 0.15) is 11.0 Å². The average molecular weight is 226 g/mol. The molecule has 4 heteroatoms. The molecule has 0 aliphatic carbocycles. The molecule has 0 amide bonds. The Morgan fingerprint density at radius 2 is 2.08 bits per heavy atom. The molecular weight excluding hydrogens is 218 g/mol. The first-order valence-electron chi connectivity index (χ1n) is 3.80. The van der Waals surface area contributed by atoms with Crippen LogP contribution in [0.1, 0.15) is 6.92 Å². The van der Waals surface area contributed by atoms with Crippen LogP contribution in [0.25, 0.3) is 11.0 Å². The fourth-order valence-corrected chi connectivity index (χ4v) is 1.42. The molecule has 0 spiro atoms. The summed E-state index contributed by atoms with van der Waals surface area (Å²) in [6, 6.07) is 5.89. The van der Waals surface area contributed by atoms with Crippen LogP contribution in [-0.2, 0) is 6.54 Å². The highest BCUT2D eigenvalue weighted by Crippen LogP contribution is 2.15. The third-order valence-corrected chi connectivity index (χ3v) is 2.16. The van der Waals surface area contributed by atoms with Gasteiger partial charge in [-0.05, 0) is 25.1 Å². The van der Waals surface area contributed by atoms with E-state index < -0.39 is 0 Å². The van der Waals surface area contributed by atoms with Gasteiger partial charge in [-0.1, -0.05) is 15.9 Å². The third kappa shape index (κ3) is 1.22. The molecule has 0 fully saturated rings. The van der Waals surface area contributed by atoms with E-state index in [1.54, 1.807) is 4.80 Å². The van der Waals surface area contributed by atoms with E-state index in [4.69, 9.17) is 0 Å². The Hall–Kier alpha value is -0.900. The summed E-state index contributed by atoms with van der Waals surface area (Å²) >= 11 is 3.39. The van der Waals surface area contributed by atoms with Crippen LogP contribution in [0, 0.1) is 0 Å². The molecular formula is C8H8BrN3. The fraction of sp³-hybridized carbons (Fsp3) is 0.250. The van der Waals surface area contributed by atoms with Gasteiger partial charge in [0.25, 0.3) is 0 Å². The van der Waals surface area contributed by atoms with Gasteiger partial charge in [-0.3, -0.25) is 0 Å². The maximum atomic E-state index is 4.27. The van der Waals surface area contributed by atoms with Crippen molar-refractivity contribution in [2.24, 2.45) is 0 Å². The molecule has 1 heterocycles. The smallest absolute Gasteiger partial charge is 0.114 e. The topological polar surface area (TPSA) is 30.7 Å². The van der Waals surface area contributed by atoms with Crippen LogP contribution in [0.15, 0.2) is 22.7 Å². The second-order valence-electron chi connectivity index (χ2n) is 2.52. The predicted octanol–water partition coefficient (Wildman–Crippen LogP) is 2.21. The monoisotopic (exact) mass is 225 g/mol. The first kappa shape index (κ1) is 7.73. The Bertz CT molecular complexity index is 408. The summed E-state index contributed by atoms with van der Waals surface area (Å²) in [4.78, 5) is 1.69. The number of benzene rings is 1. The predicted molar refractivity (Wildman–Crippen MR) is 50.9 cm³/mol. The van der Waals surface area contributed by atoms with Gasteiger partial charge in [0.15, 0.2) is 0 Å². The highest BCUT2D eigenvalue weighted by molar-refractivity contribution is 9.10. The number of rotatable bonds is 1. The molecule has 0 saturated heterocycles. The van der Waals surface area contributed by atoms with Crippen molar-refractivity contribution in [3.05, 3.63) is 22.7 Å². The van der Waals surface area contributed by atoms with Crippen LogP contribution in [0.2, 0.25) is 0 Å². The number of hydrogen-bond donors (Lipinski definition) is 0. The normalized spacial score (nSPS) is 10.8. The Balaban J connectivity index is 2.67. The zero-order chi connectivity index (χ0) is 8.55. The molecule has 0 aliphatic heterocycles. The van der Waals surface area contributed by atoms with Crippen molar-refractivity contribution >= 4 is 27.0 Å². The summed E-state index contributed by atoms with van der Waals surface area (Å²) in [5, 5.41) is 8.52. The lowest BCUT2D eigenvalue weighted by Crippen LogP contribution is -1.97. The Kier molecular flexibility index (Phi) is 1.84. The highest BCUT2D eigenvalue weighted by atomic mass is 79.9. The highest BCUT2D eigenvalue weighted by Gasteiger charge is 2.00. The van der Waals surface area contributed by atoms with Crippen LogP contribution in [0.5, 0.6) is 0 Å². The standard InChI is InChI=1S/C8H8BrN3/c1-2-12-10-7-4-3-6(9)5-8(7)11-12/h3-5H,2H2,1H3. The molecule has 0 N–H and O–H groups in total.